The maximum atomic E-state index is 12.6. The number of hydrogen-bond donors (Lipinski definition) is 3. The Kier molecular flexibility index (Phi) is 6.84. The van der Waals surface area contributed by atoms with Crippen LogP contribution in [-0.4, -0.2) is 41.0 Å². The van der Waals surface area contributed by atoms with E-state index in [9.17, 15) is 14.7 Å². The van der Waals surface area contributed by atoms with Crippen LogP contribution in [0.25, 0.3) is 15.8 Å². The van der Waals surface area contributed by atoms with E-state index in [1.54, 1.807) is 35.2 Å². The molecule has 0 saturated carbocycles. The highest BCUT2D eigenvalue weighted by atomic mass is 35.5. The smallest absolute Gasteiger partial charge is 0.338 e. The summed E-state index contributed by atoms with van der Waals surface area (Å²) < 4.78 is 6.11. The summed E-state index contributed by atoms with van der Waals surface area (Å²) in [6, 6.07) is 18.8. The molecule has 186 valence electrons. The normalized spacial score (nSPS) is 13.4. The van der Waals surface area contributed by atoms with Crippen LogP contribution in [0.3, 0.4) is 0 Å². The summed E-state index contributed by atoms with van der Waals surface area (Å²) in [5.74, 6) is -1.24. The van der Waals surface area contributed by atoms with Gasteiger partial charge < -0.3 is 20.1 Å². The molecule has 11 heteroatoms. The quantitative estimate of drug-likeness (QED) is 0.246. The summed E-state index contributed by atoms with van der Waals surface area (Å²) in [7, 11) is 0. The van der Waals surface area contributed by atoms with Crippen LogP contribution in [0.1, 0.15) is 15.4 Å². The Morgan fingerprint density at radius 2 is 1.81 bits per heavy atom. The van der Waals surface area contributed by atoms with Crippen molar-refractivity contribution >= 4 is 79.4 Å². The summed E-state index contributed by atoms with van der Waals surface area (Å²) in [5.41, 5.74) is 2.07. The van der Waals surface area contributed by atoms with E-state index in [-0.39, 0.29) is 39.4 Å². The molecule has 3 N–H and O–H groups in total. The lowest BCUT2D eigenvalue weighted by atomic mass is 10.2. The Morgan fingerprint density at radius 3 is 2.57 bits per heavy atom. The summed E-state index contributed by atoms with van der Waals surface area (Å²) in [4.78, 5) is 31.0. The second-order valence-corrected chi connectivity index (χ2v) is 9.86. The van der Waals surface area contributed by atoms with Gasteiger partial charge in [-0.3, -0.25) is 10.2 Å². The van der Waals surface area contributed by atoms with Crippen LogP contribution in [-0.2, 0) is 9.53 Å². The number of amidine groups is 1. The monoisotopic (exact) mass is 552 g/mol. The van der Waals surface area contributed by atoms with Crippen LogP contribution in [0.15, 0.2) is 72.5 Å². The van der Waals surface area contributed by atoms with Gasteiger partial charge in [0.2, 0.25) is 0 Å². The van der Waals surface area contributed by atoms with Gasteiger partial charge in [0, 0.05) is 5.69 Å². The zero-order chi connectivity index (χ0) is 26.1. The van der Waals surface area contributed by atoms with E-state index in [0.29, 0.717) is 16.3 Å². The number of aromatic nitrogens is 1. The molecule has 0 aliphatic carbocycles. The number of thiazole rings is 1. The van der Waals surface area contributed by atoms with Gasteiger partial charge in [0.25, 0.3) is 5.91 Å². The minimum Gasteiger partial charge on any atom is -0.510 e. The van der Waals surface area contributed by atoms with Gasteiger partial charge in [-0.15, -0.1) is 11.3 Å². The number of carbonyl (C=O) groups is 2. The number of nitrogens with zero attached hydrogens (tertiary/aromatic N) is 2. The fourth-order valence-corrected chi connectivity index (χ4v) is 5.34. The van der Waals surface area contributed by atoms with Crippen LogP contribution in [0.2, 0.25) is 10.0 Å². The molecule has 0 fully saturated rings. The number of fused-ring (bicyclic) bond motifs is 1. The standard InChI is InChI=1S/C26H18Cl2N4O4S/c27-16-7-4-8-17(28)23(16)31-21(34)13-36-26(35)14-5-3-6-15(11-14)32-12-19(33)22(24(32)29)25-30-18-9-1-2-10-20(18)37-25/h1-11,29,33H,12-13H2,(H,31,34). The van der Waals surface area contributed by atoms with Gasteiger partial charge in [0.15, 0.2) is 6.61 Å². The molecular formula is C26H18Cl2N4O4S. The molecule has 0 radical (unpaired) electrons. The molecule has 1 amide bonds. The molecule has 1 aliphatic heterocycles. The first-order valence-corrected chi connectivity index (χ1v) is 12.5. The molecular weight excluding hydrogens is 535 g/mol. The van der Waals surface area contributed by atoms with E-state index >= 15 is 0 Å². The number of rotatable bonds is 6. The molecule has 1 aliphatic rings. The number of anilines is 2. The third-order valence-corrected chi connectivity index (χ3v) is 7.25. The van der Waals surface area contributed by atoms with Gasteiger partial charge >= 0.3 is 5.97 Å². The Labute approximate surface area is 225 Å². The molecule has 0 atom stereocenters. The molecule has 0 saturated heterocycles. The predicted molar refractivity (Wildman–Crippen MR) is 146 cm³/mol. The van der Waals surface area contributed by atoms with Crippen molar-refractivity contribution in [3.63, 3.8) is 0 Å². The van der Waals surface area contributed by atoms with E-state index in [1.807, 2.05) is 24.3 Å². The van der Waals surface area contributed by atoms with Crippen molar-refractivity contribution in [3.8, 4) is 0 Å². The highest BCUT2D eigenvalue weighted by molar-refractivity contribution is 7.19. The molecule has 8 nitrogen and oxygen atoms in total. The third-order valence-electron chi connectivity index (χ3n) is 5.57. The zero-order valence-electron chi connectivity index (χ0n) is 19.0. The molecule has 3 aromatic carbocycles. The van der Waals surface area contributed by atoms with Crippen LogP contribution < -0.4 is 10.2 Å². The van der Waals surface area contributed by atoms with Crippen molar-refractivity contribution in [1.29, 1.82) is 5.41 Å². The number of benzene rings is 3. The second-order valence-electron chi connectivity index (χ2n) is 8.01. The number of ether oxygens (including phenoxy) is 1. The van der Waals surface area contributed by atoms with Gasteiger partial charge in [-0.05, 0) is 42.5 Å². The van der Waals surface area contributed by atoms with Crippen LogP contribution in [0.4, 0.5) is 11.4 Å². The molecule has 0 unspecified atom stereocenters. The Hall–Kier alpha value is -3.92. The predicted octanol–water partition coefficient (Wildman–Crippen LogP) is 6.17. The molecule has 0 spiro atoms. The van der Waals surface area contributed by atoms with E-state index in [0.717, 1.165) is 10.2 Å². The number of carbonyl (C=O) groups excluding carboxylic acids is 2. The SMILES string of the molecule is N=C1C(c2nc3ccccc3s2)=C(O)CN1c1cccc(C(=O)OCC(=O)Nc2c(Cl)cccc2Cl)c1. The van der Waals surface area contributed by atoms with Crippen molar-refractivity contribution in [2.75, 3.05) is 23.4 Å². The first-order valence-electron chi connectivity index (χ1n) is 11.0. The largest absolute Gasteiger partial charge is 0.510 e. The van der Waals surface area contributed by atoms with Crippen LogP contribution in [0.5, 0.6) is 0 Å². The summed E-state index contributed by atoms with van der Waals surface area (Å²) in [5, 5.41) is 22.9. The topological polar surface area (TPSA) is 116 Å². The first kappa shape index (κ1) is 24.8. The lowest BCUT2D eigenvalue weighted by molar-refractivity contribution is -0.119. The fourth-order valence-electron chi connectivity index (χ4n) is 3.81. The first-order chi connectivity index (χ1) is 17.8. The minimum atomic E-state index is -0.725. The van der Waals surface area contributed by atoms with E-state index in [2.05, 4.69) is 10.3 Å². The van der Waals surface area contributed by atoms with E-state index in [4.69, 9.17) is 33.3 Å². The molecule has 37 heavy (non-hydrogen) atoms. The summed E-state index contributed by atoms with van der Waals surface area (Å²) >= 11 is 13.5. The van der Waals surface area contributed by atoms with E-state index < -0.39 is 18.5 Å². The fraction of sp³-hybridized carbons (Fsp3) is 0.0769. The van der Waals surface area contributed by atoms with Crippen molar-refractivity contribution in [1.82, 2.24) is 4.98 Å². The van der Waals surface area contributed by atoms with Gasteiger partial charge in [-0.25, -0.2) is 9.78 Å². The number of halogens is 2. The number of aliphatic hydroxyl groups excluding tert-OH is 1. The summed E-state index contributed by atoms with van der Waals surface area (Å²) in [6.45, 7) is -0.488. The van der Waals surface area contributed by atoms with Crippen molar-refractivity contribution < 1.29 is 19.4 Å². The Balaban J connectivity index is 1.27. The average Bonchev–Trinajstić information content (AvgIpc) is 3.44. The molecule has 0 bridgehead atoms. The highest BCUT2D eigenvalue weighted by Crippen LogP contribution is 2.35. The van der Waals surface area contributed by atoms with E-state index in [1.165, 1.54) is 23.5 Å². The highest BCUT2D eigenvalue weighted by Gasteiger charge is 2.31. The second kappa shape index (κ2) is 10.2. The number of nitrogens with one attached hydrogen (secondary N) is 2. The minimum absolute atomic E-state index is 0.0203. The Morgan fingerprint density at radius 1 is 1.08 bits per heavy atom. The average molecular weight is 553 g/mol. The van der Waals surface area contributed by atoms with Gasteiger partial charge in [-0.2, -0.15) is 0 Å². The lowest BCUT2D eigenvalue weighted by Crippen LogP contribution is -2.26. The van der Waals surface area contributed by atoms with Crippen molar-refractivity contribution in [2.24, 2.45) is 0 Å². The molecule has 5 rings (SSSR count). The number of amides is 1. The maximum absolute atomic E-state index is 12.6. The van der Waals surface area contributed by atoms with Crippen molar-refractivity contribution in [3.05, 3.63) is 93.1 Å². The molecule has 2 heterocycles. The van der Waals surface area contributed by atoms with Crippen LogP contribution >= 0.6 is 34.5 Å². The number of esters is 1. The molecule has 1 aromatic heterocycles. The van der Waals surface area contributed by atoms with Crippen molar-refractivity contribution in [2.45, 2.75) is 0 Å². The number of aliphatic hydroxyl groups is 1. The molecule has 4 aromatic rings. The van der Waals surface area contributed by atoms with Gasteiger partial charge in [0.05, 0.1) is 43.6 Å². The lowest BCUT2D eigenvalue weighted by Gasteiger charge is -2.19. The maximum Gasteiger partial charge on any atom is 0.338 e. The van der Waals surface area contributed by atoms with Gasteiger partial charge in [-0.1, -0.05) is 47.5 Å². The van der Waals surface area contributed by atoms with Gasteiger partial charge in [0.1, 0.15) is 16.6 Å². The zero-order valence-corrected chi connectivity index (χ0v) is 21.3. The third kappa shape index (κ3) is 5.01. The summed E-state index contributed by atoms with van der Waals surface area (Å²) in [6.07, 6.45) is 0. The Bertz CT molecular complexity index is 1550. The number of para-hydroxylation sites is 2. The number of hydrogen-bond acceptors (Lipinski definition) is 7. The van der Waals surface area contributed by atoms with Crippen LogP contribution in [0, 0.1) is 5.41 Å².